The van der Waals surface area contributed by atoms with Gasteiger partial charge in [0.15, 0.2) is 6.61 Å². The summed E-state index contributed by atoms with van der Waals surface area (Å²) in [6.07, 6.45) is 1.67. The van der Waals surface area contributed by atoms with Gasteiger partial charge in [-0.15, -0.1) is 0 Å². The van der Waals surface area contributed by atoms with Crippen molar-refractivity contribution in [3.8, 4) is 11.5 Å². The standard InChI is InChI=1S/C20H23NO3/c1-4-12-23-19-7-5-6-17(13-19)21-20(22)14-24-18-10-8-16(9-11-18)15(2)3/h4-11,13,15H,1,12,14H2,2-3H3,(H,21,22). The Morgan fingerprint density at radius 3 is 2.54 bits per heavy atom. The minimum Gasteiger partial charge on any atom is -0.489 e. The average Bonchev–Trinajstić information content (AvgIpc) is 2.59. The first kappa shape index (κ1) is 17.6. The van der Waals surface area contributed by atoms with E-state index in [1.54, 1.807) is 18.2 Å². The van der Waals surface area contributed by atoms with Gasteiger partial charge >= 0.3 is 0 Å². The molecule has 0 heterocycles. The number of benzene rings is 2. The summed E-state index contributed by atoms with van der Waals surface area (Å²) in [5.41, 5.74) is 1.91. The van der Waals surface area contributed by atoms with Crippen LogP contribution in [-0.4, -0.2) is 19.1 Å². The molecule has 2 rings (SSSR count). The van der Waals surface area contributed by atoms with Crippen molar-refractivity contribution in [2.45, 2.75) is 19.8 Å². The largest absolute Gasteiger partial charge is 0.489 e. The van der Waals surface area contributed by atoms with Crippen LogP contribution in [0.3, 0.4) is 0 Å². The second-order valence-electron chi connectivity index (χ2n) is 5.69. The van der Waals surface area contributed by atoms with E-state index in [1.165, 1.54) is 5.56 Å². The van der Waals surface area contributed by atoms with E-state index in [9.17, 15) is 4.79 Å². The Bertz CT molecular complexity index is 678. The zero-order chi connectivity index (χ0) is 17.4. The smallest absolute Gasteiger partial charge is 0.262 e. The molecule has 1 N–H and O–H groups in total. The Morgan fingerprint density at radius 2 is 1.88 bits per heavy atom. The molecule has 4 nitrogen and oxygen atoms in total. The molecule has 0 radical (unpaired) electrons. The minimum atomic E-state index is -0.219. The molecular formula is C20H23NO3. The Labute approximate surface area is 143 Å². The molecule has 24 heavy (non-hydrogen) atoms. The molecule has 0 aromatic heterocycles. The summed E-state index contributed by atoms with van der Waals surface area (Å²) in [6.45, 7) is 8.25. The molecule has 0 atom stereocenters. The maximum Gasteiger partial charge on any atom is 0.262 e. The second kappa shape index (κ2) is 8.77. The molecular weight excluding hydrogens is 302 g/mol. The molecule has 0 spiro atoms. The number of ether oxygens (including phenoxy) is 2. The molecule has 2 aromatic carbocycles. The van der Waals surface area contributed by atoms with Crippen molar-refractivity contribution in [3.63, 3.8) is 0 Å². The fraction of sp³-hybridized carbons (Fsp3) is 0.250. The lowest BCUT2D eigenvalue weighted by Crippen LogP contribution is -2.20. The van der Waals surface area contributed by atoms with E-state index in [-0.39, 0.29) is 12.5 Å². The van der Waals surface area contributed by atoms with Crippen molar-refractivity contribution in [3.05, 3.63) is 66.7 Å². The molecule has 2 aromatic rings. The van der Waals surface area contributed by atoms with Crippen molar-refractivity contribution in [2.24, 2.45) is 0 Å². The third-order valence-electron chi connectivity index (χ3n) is 3.40. The van der Waals surface area contributed by atoms with Crippen LogP contribution in [0.5, 0.6) is 11.5 Å². The number of rotatable bonds is 8. The van der Waals surface area contributed by atoms with Crippen LogP contribution in [0.15, 0.2) is 61.2 Å². The van der Waals surface area contributed by atoms with Gasteiger partial charge in [0.2, 0.25) is 0 Å². The lowest BCUT2D eigenvalue weighted by molar-refractivity contribution is -0.118. The van der Waals surface area contributed by atoms with E-state index in [1.807, 2.05) is 36.4 Å². The van der Waals surface area contributed by atoms with Gasteiger partial charge in [-0.05, 0) is 35.7 Å². The molecule has 0 saturated heterocycles. The lowest BCUT2D eigenvalue weighted by Gasteiger charge is -2.10. The topological polar surface area (TPSA) is 47.6 Å². The Hall–Kier alpha value is -2.75. The average molecular weight is 325 g/mol. The van der Waals surface area contributed by atoms with E-state index < -0.39 is 0 Å². The summed E-state index contributed by atoms with van der Waals surface area (Å²) >= 11 is 0. The van der Waals surface area contributed by atoms with Gasteiger partial charge in [-0.25, -0.2) is 0 Å². The van der Waals surface area contributed by atoms with Crippen molar-refractivity contribution < 1.29 is 14.3 Å². The number of anilines is 1. The first-order chi connectivity index (χ1) is 11.6. The number of carbonyl (C=O) groups is 1. The highest BCUT2D eigenvalue weighted by Gasteiger charge is 2.05. The van der Waals surface area contributed by atoms with Gasteiger partial charge in [-0.2, -0.15) is 0 Å². The first-order valence-corrected chi connectivity index (χ1v) is 7.95. The lowest BCUT2D eigenvalue weighted by atomic mass is 10.0. The van der Waals surface area contributed by atoms with Gasteiger partial charge in [-0.3, -0.25) is 4.79 Å². The Kier molecular flexibility index (Phi) is 6.43. The maximum absolute atomic E-state index is 12.0. The number of hydrogen-bond acceptors (Lipinski definition) is 3. The van der Waals surface area contributed by atoms with Crippen molar-refractivity contribution in [1.82, 2.24) is 0 Å². The van der Waals surface area contributed by atoms with E-state index in [0.717, 1.165) is 0 Å². The monoisotopic (exact) mass is 325 g/mol. The molecule has 0 aliphatic rings. The third-order valence-corrected chi connectivity index (χ3v) is 3.40. The highest BCUT2D eigenvalue weighted by Crippen LogP contribution is 2.19. The van der Waals surface area contributed by atoms with Crippen LogP contribution < -0.4 is 14.8 Å². The van der Waals surface area contributed by atoms with Crippen LogP contribution in [-0.2, 0) is 4.79 Å². The summed E-state index contributed by atoms with van der Waals surface area (Å²) in [4.78, 5) is 12.0. The molecule has 0 aliphatic heterocycles. The molecule has 0 fully saturated rings. The zero-order valence-corrected chi connectivity index (χ0v) is 14.1. The van der Waals surface area contributed by atoms with Gasteiger partial charge in [0.25, 0.3) is 5.91 Å². The molecule has 4 heteroatoms. The number of hydrogen-bond donors (Lipinski definition) is 1. The zero-order valence-electron chi connectivity index (χ0n) is 14.1. The van der Waals surface area contributed by atoms with Gasteiger partial charge in [0.1, 0.15) is 18.1 Å². The van der Waals surface area contributed by atoms with Crippen molar-refractivity contribution >= 4 is 11.6 Å². The van der Waals surface area contributed by atoms with Crippen molar-refractivity contribution in [2.75, 3.05) is 18.5 Å². The van der Waals surface area contributed by atoms with E-state index >= 15 is 0 Å². The van der Waals surface area contributed by atoms with E-state index in [0.29, 0.717) is 29.7 Å². The van der Waals surface area contributed by atoms with Crippen LogP contribution in [0, 0.1) is 0 Å². The normalized spacial score (nSPS) is 10.3. The van der Waals surface area contributed by atoms with E-state index in [2.05, 4.69) is 25.7 Å². The summed E-state index contributed by atoms with van der Waals surface area (Å²) in [5.74, 6) is 1.61. The summed E-state index contributed by atoms with van der Waals surface area (Å²) in [5, 5.41) is 2.79. The number of amides is 1. The molecule has 0 saturated carbocycles. The van der Waals surface area contributed by atoms with Crippen LogP contribution in [0.4, 0.5) is 5.69 Å². The Morgan fingerprint density at radius 1 is 1.12 bits per heavy atom. The van der Waals surface area contributed by atoms with Gasteiger partial charge in [0, 0.05) is 11.8 Å². The summed E-state index contributed by atoms with van der Waals surface area (Å²) < 4.78 is 10.9. The molecule has 0 aliphatic carbocycles. The van der Waals surface area contributed by atoms with Gasteiger partial charge in [0.05, 0.1) is 0 Å². The maximum atomic E-state index is 12.0. The highest BCUT2D eigenvalue weighted by atomic mass is 16.5. The number of nitrogens with one attached hydrogen (secondary N) is 1. The Balaban J connectivity index is 1.85. The summed E-state index contributed by atoms with van der Waals surface area (Å²) in [7, 11) is 0. The first-order valence-electron chi connectivity index (χ1n) is 7.95. The van der Waals surface area contributed by atoms with Gasteiger partial charge in [-0.1, -0.05) is 44.7 Å². The quantitative estimate of drug-likeness (QED) is 0.732. The predicted molar refractivity (Wildman–Crippen MR) is 96.8 cm³/mol. The SMILES string of the molecule is C=CCOc1cccc(NC(=O)COc2ccc(C(C)C)cc2)c1. The molecule has 126 valence electrons. The number of carbonyl (C=O) groups excluding carboxylic acids is 1. The fourth-order valence-corrected chi connectivity index (χ4v) is 2.11. The fourth-order valence-electron chi connectivity index (χ4n) is 2.11. The predicted octanol–water partition coefficient (Wildman–Crippen LogP) is 4.39. The van der Waals surface area contributed by atoms with Crippen LogP contribution in [0.2, 0.25) is 0 Å². The minimum absolute atomic E-state index is 0.0429. The molecule has 0 unspecified atom stereocenters. The van der Waals surface area contributed by atoms with Gasteiger partial charge < -0.3 is 14.8 Å². The summed E-state index contributed by atoms with van der Waals surface area (Å²) in [6, 6.07) is 15.0. The van der Waals surface area contributed by atoms with Crippen LogP contribution >= 0.6 is 0 Å². The highest BCUT2D eigenvalue weighted by molar-refractivity contribution is 5.92. The van der Waals surface area contributed by atoms with Crippen molar-refractivity contribution in [1.29, 1.82) is 0 Å². The van der Waals surface area contributed by atoms with E-state index in [4.69, 9.17) is 9.47 Å². The third kappa shape index (κ3) is 5.47. The second-order valence-corrected chi connectivity index (χ2v) is 5.69. The molecule has 1 amide bonds. The molecule has 0 bridgehead atoms. The van der Waals surface area contributed by atoms with Crippen LogP contribution in [0.1, 0.15) is 25.3 Å². The van der Waals surface area contributed by atoms with Crippen LogP contribution in [0.25, 0.3) is 0 Å².